The molecule has 2 rings (SSSR count). The van der Waals surface area contributed by atoms with E-state index in [1.165, 1.54) is 14.0 Å². The summed E-state index contributed by atoms with van der Waals surface area (Å²) in [4.78, 5) is 11.7. The van der Waals surface area contributed by atoms with Gasteiger partial charge >= 0.3 is 0 Å². The number of nitrogens with zero attached hydrogens (tertiary/aromatic N) is 1. The Hall–Kier alpha value is -2.30. The van der Waals surface area contributed by atoms with E-state index in [-0.39, 0.29) is 11.9 Å². The Morgan fingerprint density at radius 1 is 1.40 bits per heavy atom. The van der Waals surface area contributed by atoms with Crippen LogP contribution in [-0.4, -0.2) is 18.0 Å². The van der Waals surface area contributed by atoms with Crippen LogP contribution in [0.15, 0.2) is 28.8 Å². The summed E-state index contributed by atoms with van der Waals surface area (Å²) in [5, 5.41) is 3.83. The molecule has 2 aromatic rings. The average molecular weight is 275 g/mol. The number of ketones is 1. The van der Waals surface area contributed by atoms with Gasteiger partial charge in [0, 0.05) is 6.07 Å². The van der Waals surface area contributed by atoms with Crippen molar-refractivity contribution in [1.82, 2.24) is 5.16 Å². The lowest BCUT2D eigenvalue weighted by molar-refractivity contribution is 0.100. The molecule has 0 fully saturated rings. The highest BCUT2D eigenvalue weighted by atomic mass is 16.5. The highest BCUT2D eigenvalue weighted by Crippen LogP contribution is 2.35. The molecule has 0 bridgehead atoms. The zero-order chi connectivity index (χ0) is 14.7. The Kier molecular flexibility index (Phi) is 4.08. The molecule has 5 nitrogen and oxygen atoms in total. The van der Waals surface area contributed by atoms with Crippen molar-refractivity contribution in [2.45, 2.75) is 26.9 Å². The number of hydrogen-bond acceptors (Lipinski definition) is 5. The lowest BCUT2D eigenvalue weighted by Gasteiger charge is -2.17. The minimum absolute atomic E-state index is 0.0835. The molecule has 0 radical (unpaired) electrons. The number of aromatic nitrogens is 1. The monoisotopic (exact) mass is 275 g/mol. The number of rotatable bonds is 5. The van der Waals surface area contributed by atoms with E-state index in [2.05, 4.69) is 5.16 Å². The number of aryl methyl sites for hydroxylation is 1. The summed E-state index contributed by atoms with van der Waals surface area (Å²) in [6, 6.07) is 7.01. The Bertz CT molecular complexity index is 618. The highest BCUT2D eigenvalue weighted by Gasteiger charge is 2.19. The van der Waals surface area contributed by atoms with Crippen LogP contribution in [0, 0.1) is 6.92 Å². The van der Waals surface area contributed by atoms with Crippen LogP contribution in [0.2, 0.25) is 0 Å². The van der Waals surface area contributed by atoms with Crippen LogP contribution in [0.4, 0.5) is 0 Å². The first-order chi connectivity index (χ1) is 9.52. The molecular formula is C15H17NO4. The van der Waals surface area contributed by atoms with Crippen LogP contribution in [0.1, 0.15) is 41.8 Å². The standard InChI is InChI=1S/C15H17NO4/c1-9-8-14(20-16-9)11(3)19-15-12(10(2)17)6-5-7-13(15)18-4/h5-8,11H,1-4H3. The molecule has 5 heteroatoms. The van der Waals surface area contributed by atoms with E-state index in [1.54, 1.807) is 24.3 Å². The van der Waals surface area contributed by atoms with Gasteiger partial charge in [-0.1, -0.05) is 11.2 Å². The predicted molar refractivity (Wildman–Crippen MR) is 73.3 cm³/mol. The fraction of sp³-hybridized carbons (Fsp3) is 0.333. The fourth-order valence-corrected chi connectivity index (χ4v) is 1.89. The number of Topliss-reactive ketones (excluding diaryl/α,β-unsaturated/α-hetero) is 1. The Labute approximate surface area is 117 Å². The first-order valence-corrected chi connectivity index (χ1v) is 6.30. The van der Waals surface area contributed by atoms with Gasteiger partial charge in [-0.05, 0) is 32.9 Å². The fourth-order valence-electron chi connectivity index (χ4n) is 1.89. The number of para-hydroxylation sites is 1. The van der Waals surface area contributed by atoms with Gasteiger partial charge in [0.2, 0.25) is 0 Å². The van der Waals surface area contributed by atoms with E-state index in [4.69, 9.17) is 14.0 Å². The van der Waals surface area contributed by atoms with Gasteiger partial charge in [-0.15, -0.1) is 0 Å². The Balaban J connectivity index is 2.34. The van der Waals surface area contributed by atoms with Gasteiger partial charge in [-0.25, -0.2) is 0 Å². The molecule has 1 heterocycles. The van der Waals surface area contributed by atoms with E-state index in [0.29, 0.717) is 22.8 Å². The lowest BCUT2D eigenvalue weighted by atomic mass is 10.1. The molecule has 1 atom stereocenters. The van der Waals surface area contributed by atoms with Gasteiger partial charge in [0.05, 0.1) is 18.4 Å². The van der Waals surface area contributed by atoms with E-state index < -0.39 is 0 Å². The van der Waals surface area contributed by atoms with Crippen LogP contribution in [0.25, 0.3) is 0 Å². The molecule has 1 aromatic heterocycles. The van der Waals surface area contributed by atoms with Gasteiger partial charge in [-0.2, -0.15) is 0 Å². The predicted octanol–water partition coefficient (Wildman–Crippen LogP) is 3.33. The second-order valence-electron chi connectivity index (χ2n) is 4.52. The largest absolute Gasteiger partial charge is 0.493 e. The van der Waals surface area contributed by atoms with Crippen LogP contribution < -0.4 is 9.47 Å². The molecule has 0 N–H and O–H groups in total. The summed E-state index contributed by atoms with van der Waals surface area (Å²) in [6.07, 6.45) is -0.370. The quantitative estimate of drug-likeness (QED) is 0.783. The van der Waals surface area contributed by atoms with Crippen molar-refractivity contribution in [3.8, 4) is 11.5 Å². The number of carbonyl (C=O) groups is 1. The molecule has 0 amide bonds. The molecule has 1 unspecified atom stereocenters. The van der Waals surface area contributed by atoms with E-state index in [9.17, 15) is 4.79 Å². The third kappa shape index (κ3) is 2.82. The van der Waals surface area contributed by atoms with Crippen molar-refractivity contribution >= 4 is 5.78 Å². The number of benzene rings is 1. The van der Waals surface area contributed by atoms with E-state index in [0.717, 1.165) is 5.69 Å². The Morgan fingerprint density at radius 3 is 2.70 bits per heavy atom. The second-order valence-corrected chi connectivity index (χ2v) is 4.52. The number of ether oxygens (including phenoxy) is 2. The van der Waals surface area contributed by atoms with E-state index >= 15 is 0 Å². The first-order valence-electron chi connectivity index (χ1n) is 6.30. The summed E-state index contributed by atoms with van der Waals surface area (Å²) in [5.74, 6) is 1.45. The van der Waals surface area contributed by atoms with Crippen LogP contribution >= 0.6 is 0 Å². The van der Waals surface area contributed by atoms with Crippen LogP contribution in [-0.2, 0) is 0 Å². The second kappa shape index (κ2) is 5.77. The van der Waals surface area contributed by atoms with Crippen molar-refractivity contribution in [3.05, 3.63) is 41.3 Å². The number of methoxy groups -OCH3 is 1. The lowest BCUT2D eigenvalue weighted by Crippen LogP contribution is -2.07. The van der Waals surface area contributed by atoms with Crippen molar-refractivity contribution in [1.29, 1.82) is 0 Å². The van der Waals surface area contributed by atoms with Crippen molar-refractivity contribution in [2.75, 3.05) is 7.11 Å². The molecule has 0 aliphatic carbocycles. The summed E-state index contributed by atoms with van der Waals surface area (Å²) >= 11 is 0. The summed E-state index contributed by atoms with van der Waals surface area (Å²) < 4.78 is 16.3. The van der Waals surface area contributed by atoms with E-state index in [1.807, 2.05) is 13.8 Å². The summed E-state index contributed by atoms with van der Waals surface area (Å²) in [6.45, 7) is 5.16. The Morgan fingerprint density at radius 2 is 2.15 bits per heavy atom. The maximum atomic E-state index is 11.7. The van der Waals surface area contributed by atoms with Crippen LogP contribution in [0.5, 0.6) is 11.5 Å². The molecular weight excluding hydrogens is 258 g/mol. The topological polar surface area (TPSA) is 61.6 Å². The number of carbonyl (C=O) groups excluding carboxylic acids is 1. The highest BCUT2D eigenvalue weighted by molar-refractivity contribution is 5.97. The maximum Gasteiger partial charge on any atom is 0.177 e. The zero-order valence-electron chi connectivity index (χ0n) is 12.0. The van der Waals surface area contributed by atoms with Crippen molar-refractivity contribution in [3.63, 3.8) is 0 Å². The zero-order valence-corrected chi connectivity index (χ0v) is 12.0. The van der Waals surface area contributed by atoms with Gasteiger partial charge in [0.15, 0.2) is 29.1 Å². The van der Waals surface area contributed by atoms with Gasteiger partial charge in [0.25, 0.3) is 0 Å². The van der Waals surface area contributed by atoms with Crippen LogP contribution in [0.3, 0.4) is 0 Å². The minimum atomic E-state index is -0.370. The van der Waals surface area contributed by atoms with Crippen molar-refractivity contribution in [2.24, 2.45) is 0 Å². The molecule has 106 valence electrons. The smallest absolute Gasteiger partial charge is 0.177 e. The minimum Gasteiger partial charge on any atom is -0.493 e. The summed E-state index contributed by atoms with van der Waals surface area (Å²) in [5.41, 5.74) is 1.26. The molecule has 0 saturated carbocycles. The maximum absolute atomic E-state index is 11.7. The molecule has 1 aromatic carbocycles. The molecule has 0 spiro atoms. The molecule has 0 aliphatic heterocycles. The van der Waals surface area contributed by atoms with Crippen molar-refractivity contribution < 1.29 is 18.8 Å². The molecule has 0 saturated heterocycles. The average Bonchev–Trinajstić information content (AvgIpc) is 2.85. The third-order valence-electron chi connectivity index (χ3n) is 2.92. The first kappa shape index (κ1) is 14.1. The normalized spacial score (nSPS) is 12.0. The SMILES string of the molecule is COc1cccc(C(C)=O)c1OC(C)c1cc(C)no1. The number of hydrogen-bond donors (Lipinski definition) is 0. The third-order valence-corrected chi connectivity index (χ3v) is 2.92. The molecule has 0 aliphatic rings. The summed E-state index contributed by atoms with van der Waals surface area (Å²) in [7, 11) is 1.54. The van der Waals surface area contributed by atoms with Gasteiger partial charge in [-0.3, -0.25) is 4.79 Å². The molecule has 20 heavy (non-hydrogen) atoms. The van der Waals surface area contributed by atoms with Gasteiger partial charge < -0.3 is 14.0 Å². The van der Waals surface area contributed by atoms with Gasteiger partial charge in [0.1, 0.15) is 0 Å².